The maximum atomic E-state index is 5.39. The number of hydrogen-bond acceptors (Lipinski definition) is 4. The van der Waals surface area contributed by atoms with Gasteiger partial charge in [0.15, 0.2) is 5.82 Å². The van der Waals surface area contributed by atoms with Gasteiger partial charge in [-0.05, 0) is 30.3 Å². The van der Waals surface area contributed by atoms with E-state index in [9.17, 15) is 0 Å². The Labute approximate surface area is 69.8 Å². The molecule has 0 amide bonds. The Morgan fingerprint density at radius 2 is 2.36 bits per heavy atom. The molecule has 1 saturated carbocycles. The Morgan fingerprint density at radius 3 is 2.91 bits per heavy atom. The van der Waals surface area contributed by atoms with Gasteiger partial charge in [-0.1, -0.05) is 0 Å². The first kappa shape index (κ1) is 7.18. The van der Waals surface area contributed by atoms with Crippen molar-refractivity contribution in [3.8, 4) is 0 Å². The summed E-state index contributed by atoms with van der Waals surface area (Å²) in [6, 6.07) is 0. The summed E-state index contributed by atoms with van der Waals surface area (Å²) in [4.78, 5) is 4.29. The summed E-state index contributed by atoms with van der Waals surface area (Å²) >= 11 is 1.50. The summed E-state index contributed by atoms with van der Waals surface area (Å²) in [5.41, 5.74) is 5.39. The number of nitrogens with zero attached hydrogens (tertiary/aromatic N) is 2. The summed E-state index contributed by atoms with van der Waals surface area (Å²) in [7, 11) is 0. The molecule has 0 aliphatic heterocycles. The zero-order valence-corrected chi connectivity index (χ0v) is 7.10. The molecule has 1 aliphatic carbocycles. The second-order valence-corrected chi connectivity index (χ2v) is 3.79. The zero-order chi connectivity index (χ0) is 7.68. The van der Waals surface area contributed by atoms with Crippen molar-refractivity contribution in [3.05, 3.63) is 10.8 Å². The van der Waals surface area contributed by atoms with Gasteiger partial charge < -0.3 is 5.73 Å². The lowest BCUT2D eigenvalue weighted by Crippen LogP contribution is -1.98. The van der Waals surface area contributed by atoms with Crippen molar-refractivity contribution in [3.63, 3.8) is 0 Å². The standard InChI is InChI=1S/C7H11N3S/c8-4-6-9-7(11-10-6)3-5-1-2-5/h5H,1-4,8H2. The minimum Gasteiger partial charge on any atom is -0.324 e. The SMILES string of the molecule is NCc1nsc(CC2CC2)n1. The first-order valence-electron chi connectivity index (χ1n) is 3.90. The maximum Gasteiger partial charge on any atom is 0.156 e. The van der Waals surface area contributed by atoms with Gasteiger partial charge >= 0.3 is 0 Å². The molecule has 1 aromatic heterocycles. The molecule has 11 heavy (non-hydrogen) atoms. The number of hydrogen-bond donors (Lipinski definition) is 1. The van der Waals surface area contributed by atoms with Crippen LogP contribution in [0.5, 0.6) is 0 Å². The summed E-state index contributed by atoms with van der Waals surface area (Å²) in [5, 5.41) is 1.16. The van der Waals surface area contributed by atoms with Crippen molar-refractivity contribution in [2.45, 2.75) is 25.8 Å². The zero-order valence-electron chi connectivity index (χ0n) is 6.29. The topological polar surface area (TPSA) is 51.8 Å². The van der Waals surface area contributed by atoms with E-state index in [1.165, 1.54) is 24.4 Å². The molecule has 3 nitrogen and oxygen atoms in total. The highest BCUT2D eigenvalue weighted by molar-refractivity contribution is 7.05. The first-order valence-corrected chi connectivity index (χ1v) is 4.67. The van der Waals surface area contributed by atoms with Crippen molar-refractivity contribution in [1.29, 1.82) is 0 Å². The third-order valence-electron chi connectivity index (χ3n) is 1.85. The smallest absolute Gasteiger partial charge is 0.156 e. The van der Waals surface area contributed by atoms with Gasteiger partial charge in [0.1, 0.15) is 5.01 Å². The molecule has 1 aromatic rings. The van der Waals surface area contributed by atoms with E-state index in [1.807, 2.05) is 0 Å². The van der Waals surface area contributed by atoms with Gasteiger partial charge in [0.2, 0.25) is 0 Å². The van der Waals surface area contributed by atoms with E-state index >= 15 is 0 Å². The van der Waals surface area contributed by atoms with E-state index in [-0.39, 0.29) is 0 Å². The van der Waals surface area contributed by atoms with Gasteiger partial charge in [-0.25, -0.2) is 4.98 Å². The van der Waals surface area contributed by atoms with Crippen molar-refractivity contribution in [2.75, 3.05) is 0 Å². The lowest BCUT2D eigenvalue weighted by molar-refractivity contribution is 0.812. The molecule has 4 heteroatoms. The highest BCUT2D eigenvalue weighted by Gasteiger charge is 2.23. The summed E-state index contributed by atoms with van der Waals surface area (Å²) < 4.78 is 4.12. The molecule has 0 radical (unpaired) electrons. The molecule has 1 heterocycles. The Balaban J connectivity index is 1.99. The fourth-order valence-corrected chi connectivity index (χ4v) is 1.81. The van der Waals surface area contributed by atoms with Gasteiger partial charge in [0.25, 0.3) is 0 Å². The van der Waals surface area contributed by atoms with E-state index in [4.69, 9.17) is 5.73 Å². The quantitative estimate of drug-likeness (QED) is 0.733. The second-order valence-electron chi connectivity index (χ2n) is 2.96. The van der Waals surface area contributed by atoms with Crippen LogP contribution in [-0.2, 0) is 13.0 Å². The van der Waals surface area contributed by atoms with E-state index < -0.39 is 0 Å². The highest BCUT2D eigenvalue weighted by atomic mass is 32.1. The largest absolute Gasteiger partial charge is 0.324 e. The van der Waals surface area contributed by atoms with Crippen LogP contribution in [0.1, 0.15) is 23.7 Å². The number of rotatable bonds is 3. The van der Waals surface area contributed by atoms with E-state index in [0.29, 0.717) is 6.54 Å². The summed E-state index contributed by atoms with van der Waals surface area (Å²) in [6.07, 6.45) is 3.87. The third kappa shape index (κ3) is 1.75. The molecular weight excluding hydrogens is 158 g/mol. The molecule has 0 bridgehead atoms. The van der Waals surface area contributed by atoms with Crippen LogP contribution in [0.15, 0.2) is 0 Å². The monoisotopic (exact) mass is 169 g/mol. The van der Waals surface area contributed by atoms with Gasteiger partial charge in [-0.3, -0.25) is 0 Å². The Bertz CT molecular complexity index is 242. The van der Waals surface area contributed by atoms with Crippen LogP contribution < -0.4 is 5.73 Å². The van der Waals surface area contributed by atoms with Crippen LogP contribution in [0.3, 0.4) is 0 Å². The Hall–Kier alpha value is -0.480. The normalized spacial score (nSPS) is 17.2. The highest BCUT2D eigenvalue weighted by Crippen LogP contribution is 2.32. The van der Waals surface area contributed by atoms with E-state index in [0.717, 1.165) is 23.2 Å². The fourth-order valence-electron chi connectivity index (χ4n) is 1.02. The van der Waals surface area contributed by atoms with Crippen molar-refractivity contribution in [2.24, 2.45) is 11.7 Å². The Kier molecular flexibility index (Phi) is 1.87. The average molecular weight is 169 g/mol. The van der Waals surface area contributed by atoms with Gasteiger partial charge in [-0.2, -0.15) is 4.37 Å². The second kappa shape index (κ2) is 2.87. The molecule has 1 fully saturated rings. The fraction of sp³-hybridized carbons (Fsp3) is 0.714. The number of aromatic nitrogens is 2. The predicted molar refractivity (Wildman–Crippen MR) is 44.2 cm³/mol. The lowest BCUT2D eigenvalue weighted by Gasteiger charge is -1.87. The maximum absolute atomic E-state index is 5.39. The van der Waals surface area contributed by atoms with Crippen LogP contribution in [-0.4, -0.2) is 9.36 Å². The molecule has 0 aromatic carbocycles. The van der Waals surface area contributed by atoms with E-state index in [1.54, 1.807) is 0 Å². The molecule has 60 valence electrons. The molecule has 0 saturated heterocycles. The molecule has 0 atom stereocenters. The van der Waals surface area contributed by atoms with Gasteiger partial charge in [0.05, 0.1) is 6.54 Å². The van der Waals surface area contributed by atoms with Crippen molar-refractivity contribution < 1.29 is 0 Å². The minimum atomic E-state index is 0.473. The van der Waals surface area contributed by atoms with Crippen molar-refractivity contribution in [1.82, 2.24) is 9.36 Å². The Morgan fingerprint density at radius 1 is 1.55 bits per heavy atom. The number of nitrogens with two attached hydrogens (primary N) is 1. The van der Waals surface area contributed by atoms with Crippen LogP contribution in [0.25, 0.3) is 0 Å². The molecular formula is C7H11N3S. The van der Waals surface area contributed by atoms with Crippen LogP contribution in [0, 0.1) is 5.92 Å². The molecule has 0 unspecified atom stereocenters. The van der Waals surface area contributed by atoms with Gasteiger partial charge in [0, 0.05) is 6.42 Å². The lowest BCUT2D eigenvalue weighted by atomic mass is 10.3. The van der Waals surface area contributed by atoms with E-state index in [2.05, 4.69) is 9.36 Å². The molecule has 0 spiro atoms. The molecule has 2 rings (SSSR count). The first-order chi connectivity index (χ1) is 5.38. The predicted octanol–water partition coefficient (Wildman–Crippen LogP) is 0.949. The summed E-state index contributed by atoms with van der Waals surface area (Å²) in [5.74, 6) is 1.69. The minimum absolute atomic E-state index is 0.473. The van der Waals surface area contributed by atoms with Crippen LogP contribution >= 0.6 is 11.5 Å². The molecule has 1 aliphatic rings. The van der Waals surface area contributed by atoms with Crippen molar-refractivity contribution >= 4 is 11.5 Å². The molecule has 2 N–H and O–H groups in total. The summed E-state index contributed by atoms with van der Waals surface area (Å²) in [6.45, 7) is 0.473. The average Bonchev–Trinajstić information content (AvgIpc) is 2.68. The van der Waals surface area contributed by atoms with Crippen LogP contribution in [0.4, 0.5) is 0 Å². The third-order valence-corrected chi connectivity index (χ3v) is 2.62. The van der Waals surface area contributed by atoms with Crippen LogP contribution in [0.2, 0.25) is 0 Å². The van der Waals surface area contributed by atoms with Gasteiger partial charge in [-0.15, -0.1) is 0 Å².